The van der Waals surface area contributed by atoms with Crippen LogP contribution in [0.3, 0.4) is 0 Å². The molecule has 0 saturated carbocycles. The van der Waals surface area contributed by atoms with Crippen molar-refractivity contribution in [1.82, 2.24) is 0 Å². The molecule has 0 fully saturated rings. The van der Waals surface area contributed by atoms with Crippen molar-refractivity contribution in [2.75, 3.05) is 39.6 Å². The molecule has 0 aliphatic rings. The van der Waals surface area contributed by atoms with Crippen LogP contribution in [0.4, 0.5) is 0 Å². The number of aliphatic hydroxyl groups is 1. The highest BCUT2D eigenvalue weighted by Crippen LogP contribution is 2.45. The van der Waals surface area contributed by atoms with Gasteiger partial charge in [0, 0.05) is 25.7 Å². The fourth-order valence-electron chi connectivity index (χ4n) is 12.0. The number of carbonyl (C=O) groups excluding carboxylic acids is 4. The van der Waals surface area contributed by atoms with Crippen molar-refractivity contribution in [1.29, 1.82) is 0 Å². The summed E-state index contributed by atoms with van der Waals surface area (Å²) >= 11 is 0. The number of hydrogen-bond donors (Lipinski definition) is 3. The molecule has 0 aromatic heterocycles. The van der Waals surface area contributed by atoms with E-state index in [1.807, 2.05) is 0 Å². The summed E-state index contributed by atoms with van der Waals surface area (Å²) in [5, 5.41) is 10.6. The van der Waals surface area contributed by atoms with Crippen molar-refractivity contribution in [2.45, 2.75) is 426 Å². The lowest BCUT2D eigenvalue weighted by Crippen LogP contribution is -2.30. The second-order valence-corrected chi connectivity index (χ2v) is 31.7. The first-order valence-electron chi connectivity index (χ1n) is 40.5. The average Bonchev–Trinajstić information content (AvgIpc) is 1.21. The molecule has 19 heteroatoms. The van der Waals surface area contributed by atoms with Crippen LogP contribution in [0.1, 0.15) is 408 Å². The molecule has 3 unspecified atom stereocenters. The molecule has 0 bridgehead atoms. The number of aliphatic hydroxyl groups excluding tert-OH is 1. The summed E-state index contributed by atoms with van der Waals surface area (Å²) in [6.07, 6.45) is 58.0. The maximum atomic E-state index is 13.1. The summed E-state index contributed by atoms with van der Waals surface area (Å²) < 4.78 is 68.7. The van der Waals surface area contributed by atoms with Gasteiger partial charge in [-0.05, 0) is 37.5 Å². The van der Waals surface area contributed by atoms with Gasteiger partial charge >= 0.3 is 39.5 Å². The minimum atomic E-state index is -4.96. The molecule has 0 rings (SSSR count). The maximum Gasteiger partial charge on any atom is 0.472 e. The Morgan fingerprint density at radius 2 is 0.526 bits per heavy atom. The monoisotopic (exact) mass is 1420 g/mol. The molecule has 6 atom stereocenters. The first-order valence-corrected chi connectivity index (χ1v) is 43.5. The van der Waals surface area contributed by atoms with E-state index in [9.17, 15) is 43.2 Å². The van der Waals surface area contributed by atoms with Crippen LogP contribution < -0.4 is 0 Å². The zero-order chi connectivity index (χ0) is 71.4. The zero-order valence-corrected chi connectivity index (χ0v) is 65.2. The van der Waals surface area contributed by atoms with Crippen molar-refractivity contribution in [3.63, 3.8) is 0 Å². The lowest BCUT2D eigenvalue weighted by molar-refractivity contribution is -0.161. The minimum Gasteiger partial charge on any atom is -0.462 e. The molecular weight excluding hydrogens is 1270 g/mol. The van der Waals surface area contributed by atoms with E-state index in [4.69, 9.17) is 37.0 Å². The largest absolute Gasteiger partial charge is 0.472 e. The van der Waals surface area contributed by atoms with E-state index in [1.165, 1.54) is 225 Å². The van der Waals surface area contributed by atoms with Gasteiger partial charge in [-0.15, -0.1) is 0 Å². The third kappa shape index (κ3) is 70.9. The van der Waals surface area contributed by atoms with Crippen molar-refractivity contribution in [2.24, 2.45) is 11.8 Å². The third-order valence-corrected chi connectivity index (χ3v) is 20.5. The smallest absolute Gasteiger partial charge is 0.462 e. The maximum absolute atomic E-state index is 13.1. The summed E-state index contributed by atoms with van der Waals surface area (Å²) in [6, 6.07) is 0. The second-order valence-electron chi connectivity index (χ2n) is 28.8. The van der Waals surface area contributed by atoms with Crippen molar-refractivity contribution < 1.29 is 80.2 Å². The van der Waals surface area contributed by atoms with Gasteiger partial charge in [-0.2, -0.15) is 0 Å². The molecule has 17 nitrogen and oxygen atoms in total. The second kappa shape index (κ2) is 69.8. The number of phosphoric acid groups is 2. The molecular formula is C78H152O17P2. The van der Waals surface area contributed by atoms with Gasteiger partial charge in [-0.25, -0.2) is 9.13 Å². The van der Waals surface area contributed by atoms with Crippen molar-refractivity contribution >= 4 is 39.5 Å². The van der Waals surface area contributed by atoms with Crippen LogP contribution in [0.2, 0.25) is 0 Å². The van der Waals surface area contributed by atoms with E-state index < -0.39 is 97.5 Å². The van der Waals surface area contributed by atoms with E-state index in [0.29, 0.717) is 25.7 Å². The number of carbonyl (C=O) groups is 4. The van der Waals surface area contributed by atoms with Crippen molar-refractivity contribution in [3.8, 4) is 0 Å². The first kappa shape index (κ1) is 95.1. The quantitative estimate of drug-likeness (QED) is 0.0222. The number of hydrogen-bond acceptors (Lipinski definition) is 15. The fraction of sp³-hybridized carbons (Fsp3) is 0.949. The highest BCUT2D eigenvalue weighted by Gasteiger charge is 2.30. The Bertz CT molecular complexity index is 1870. The van der Waals surface area contributed by atoms with E-state index in [0.717, 1.165) is 102 Å². The van der Waals surface area contributed by atoms with Crippen LogP contribution in [-0.4, -0.2) is 96.7 Å². The number of esters is 4. The van der Waals surface area contributed by atoms with E-state index >= 15 is 0 Å². The normalized spacial score (nSPS) is 14.2. The van der Waals surface area contributed by atoms with Gasteiger partial charge in [0.25, 0.3) is 0 Å². The Kier molecular flexibility index (Phi) is 68.4. The Morgan fingerprint density at radius 1 is 0.299 bits per heavy atom. The molecule has 0 saturated heterocycles. The number of phosphoric ester groups is 2. The van der Waals surface area contributed by atoms with Gasteiger partial charge in [-0.3, -0.25) is 37.3 Å². The molecule has 3 N–H and O–H groups in total. The number of ether oxygens (including phenoxy) is 4. The van der Waals surface area contributed by atoms with Crippen LogP contribution in [0.25, 0.3) is 0 Å². The van der Waals surface area contributed by atoms with Crippen LogP contribution in [-0.2, 0) is 65.4 Å². The molecule has 0 heterocycles. The number of unbranched alkanes of at least 4 members (excludes halogenated alkanes) is 46. The Balaban J connectivity index is 5.27. The van der Waals surface area contributed by atoms with E-state index in [-0.39, 0.29) is 25.7 Å². The first-order chi connectivity index (χ1) is 46.9. The molecule has 0 radical (unpaired) electrons. The molecule has 0 aromatic carbocycles. The van der Waals surface area contributed by atoms with Crippen LogP contribution in [0, 0.1) is 11.8 Å². The minimum absolute atomic E-state index is 0.107. The lowest BCUT2D eigenvalue weighted by atomic mass is 9.99. The number of rotatable bonds is 77. The standard InChI is InChI=1S/C78H152O17P2/c1-7-10-12-14-16-18-20-22-23-24-25-31-38-44-50-56-62-77(82)94-73(66-89-76(81)61-55-49-43-37-30-27-26-28-34-40-46-52-58-70(4)5)68-92-96(84,85)90-64-72(79)65-91-97(86,87)93-69-74(67-88-75(80)60-54-48-42-36-29-21-19-17-15-13-11-8-2)95-78(83)63-57-51-45-39-33-32-35-41-47-53-59-71(6)9-3/h70-74,79H,7-69H2,1-6H3,(H,84,85)(H,86,87)/t71?,72-,73-,74-/m1/s1. The highest BCUT2D eigenvalue weighted by atomic mass is 31.2. The average molecular weight is 1420 g/mol. The summed E-state index contributed by atoms with van der Waals surface area (Å²) in [5.41, 5.74) is 0. The Hall–Kier alpha value is -1.94. The van der Waals surface area contributed by atoms with Crippen molar-refractivity contribution in [3.05, 3.63) is 0 Å². The predicted octanol–water partition coefficient (Wildman–Crippen LogP) is 23.1. The van der Waals surface area contributed by atoms with Gasteiger partial charge < -0.3 is 33.8 Å². The molecule has 0 aromatic rings. The summed E-state index contributed by atoms with van der Waals surface area (Å²) in [4.78, 5) is 72.9. The molecule has 97 heavy (non-hydrogen) atoms. The molecule has 0 spiro atoms. The zero-order valence-electron chi connectivity index (χ0n) is 63.4. The molecule has 0 amide bonds. The van der Waals surface area contributed by atoms with Crippen LogP contribution in [0.15, 0.2) is 0 Å². The summed E-state index contributed by atoms with van der Waals surface area (Å²) in [5.74, 6) is -0.525. The summed E-state index contributed by atoms with van der Waals surface area (Å²) in [7, 11) is -9.92. The van der Waals surface area contributed by atoms with E-state index in [2.05, 4.69) is 41.5 Å². The van der Waals surface area contributed by atoms with Gasteiger partial charge in [0.15, 0.2) is 12.2 Å². The van der Waals surface area contributed by atoms with Gasteiger partial charge in [0.1, 0.15) is 19.3 Å². The lowest BCUT2D eigenvalue weighted by Gasteiger charge is -2.21. The van der Waals surface area contributed by atoms with Gasteiger partial charge in [0.2, 0.25) is 0 Å². The topological polar surface area (TPSA) is 237 Å². The highest BCUT2D eigenvalue weighted by molar-refractivity contribution is 7.47. The Labute approximate surface area is 594 Å². The molecule has 0 aliphatic heterocycles. The molecule has 576 valence electrons. The van der Waals surface area contributed by atoms with Crippen LogP contribution in [0.5, 0.6) is 0 Å². The summed E-state index contributed by atoms with van der Waals surface area (Å²) in [6.45, 7) is 9.66. The SMILES string of the molecule is CCCCCCCCCCCCCCCCCCC(=O)O[C@H](COC(=O)CCCCCCCCCCCCCCC(C)C)COP(=O)(O)OC[C@@H](O)COP(=O)(O)OC[C@@H](COC(=O)CCCCCCCCCCCCCC)OC(=O)CCCCCCCCCCCCC(C)CC. The van der Waals surface area contributed by atoms with Crippen LogP contribution >= 0.6 is 15.6 Å². The van der Waals surface area contributed by atoms with E-state index in [1.54, 1.807) is 0 Å². The van der Waals surface area contributed by atoms with Gasteiger partial charge in [0.05, 0.1) is 26.4 Å². The molecule has 0 aliphatic carbocycles. The third-order valence-electron chi connectivity index (χ3n) is 18.6. The Morgan fingerprint density at radius 3 is 0.784 bits per heavy atom. The fourth-order valence-corrected chi connectivity index (χ4v) is 13.6. The van der Waals surface area contributed by atoms with Gasteiger partial charge in [-0.1, -0.05) is 356 Å². The predicted molar refractivity (Wildman–Crippen MR) is 395 cm³/mol.